The molecular formula is C20H32N6O8. The quantitative estimate of drug-likeness (QED) is 0.247. The molecule has 0 aromatic rings. The van der Waals surface area contributed by atoms with E-state index >= 15 is 0 Å². The van der Waals surface area contributed by atoms with Crippen LogP contribution in [0.2, 0.25) is 0 Å². The number of hydrogen-bond acceptors (Lipinski definition) is 12. The fourth-order valence-electron chi connectivity index (χ4n) is 3.42. The van der Waals surface area contributed by atoms with Gasteiger partial charge in [0, 0.05) is 12.1 Å². The number of carbonyl (C=O) groups is 6. The Hall–Kier alpha value is -2.94. The Bertz CT molecular complexity index is 743. The predicted octanol–water partition coefficient (Wildman–Crippen LogP) is -3.20. The minimum atomic E-state index is -0.880. The molecule has 34 heavy (non-hydrogen) atoms. The largest absolute Gasteiger partial charge is 0.443 e. The fraction of sp³-hybridized carbons (Fsp3) is 0.700. The zero-order valence-corrected chi connectivity index (χ0v) is 19.8. The van der Waals surface area contributed by atoms with Crippen molar-refractivity contribution in [2.75, 3.05) is 39.6 Å². The van der Waals surface area contributed by atoms with Crippen LogP contribution in [-0.2, 0) is 38.2 Å². The number of nitrogens with zero attached hydrogens (tertiary/aromatic N) is 4. The molecule has 2 fully saturated rings. The van der Waals surface area contributed by atoms with Crippen LogP contribution >= 0.6 is 0 Å². The van der Waals surface area contributed by atoms with Gasteiger partial charge in [0.2, 0.25) is 23.6 Å². The highest BCUT2D eigenvalue weighted by molar-refractivity contribution is 6.00. The van der Waals surface area contributed by atoms with E-state index in [4.69, 9.17) is 20.9 Å². The molecule has 2 rings (SSSR count). The molecule has 0 unspecified atom stereocenters. The van der Waals surface area contributed by atoms with Crippen LogP contribution in [0, 0.1) is 0 Å². The van der Waals surface area contributed by atoms with Crippen molar-refractivity contribution in [3.05, 3.63) is 0 Å². The summed E-state index contributed by atoms with van der Waals surface area (Å²) in [7, 11) is 0. The summed E-state index contributed by atoms with van der Waals surface area (Å²) in [5.74, 6) is -3.63. The smallest absolute Gasteiger partial charge is 0.324 e. The minimum Gasteiger partial charge on any atom is -0.443 e. The number of ether oxygens (including phenoxy) is 2. The van der Waals surface area contributed by atoms with E-state index in [0.29, 0.717) is 0 Å². The van der Waals surface area contributed by atoms with Gasteiger partial charge in [-0.05, 0) is 27.7 Å². The van der Waals surface area contributed by atoms with Crippen LogP contribution in [0.5, 0.6) is 0 Å². The number of piperazine rings is 2. The zero-order valence-electron chi connectivity index (χ0n) is 19.8. The number of nitrogens with two attached hydrogens (primary N) is 2. The number of esters is 2. The van der Waals surface area contributed by atoms with Gasteiger partial charge < -0.3 is 20.9 Å². The van der Waals surface area contributed by atoms with Gasteiger partial charge in [-0.3, -0.25) is 38.6 Å². The number of imide groups is 2. The van der Waals surface area contributed by atoms with E-state index in [0.717, 1.165) is 9.80 Å². The van der Waals surface area contributed by atoms with Gasteiger partial charge >= 0.3 is 11.9 Å². The average Bonchev–Trinajstić information content (AvgIpc) is 2.75. The molecule has 4 atom stereocenters. The van der Waals surface area contributed by atoms with Crippen LogP contribution in [0.1, 0.15) is 27.7 Å². The molecule has 0 aromatic heterocycles. The Balaban J connectivity index is 1.94. The highest BCUT2D eigenvalue weighted by atomic mass is 16.6. The molecule has 2 aliphatic heterocycles. The normalized spacial score (nSPS) is 21.8. The second kappa shape index (κ2) is 11.5. The van der Waals surface area contributed by atoms with E-state index < -0.39 is 61.1 Å². The van der Waals surface area contributed by atoms with Crippen LogP contribution in [0.3, 0.4) is 0 Å². The number of carbonyl (C=O) groups excluding carboxylic acids is 6. The molecule has 190 valence electrons. The van der Waals surface area contributed by atoms with Crippen molar-refractivity contribution in [2.45, 2.75) is 51.9 Å². The fourth-order valence-corrected chi connectivity index (χ4v) is 3.42. The first-order valence-electron chi connectivity index (χ1n) is 10.8. The van der Waals surface area contributed by atoms with Crippen molar-refractivity contribution in [3.8, 4) is 0 Å². The molecule has 0 bridgehead atoms. The van der Waals surface area contributed by atoms with Gasteiger partial charge in [-0.25, -0.2) is 9.80 Å². The lowest BCUT2D eigenvalue weighted by Gasteiger charge is -2.43. The number of hydrogen-bond donors (Lipinski definition) is 2. The van der Waals surface area contributed by atoms with Crippen LogP contribution in [0.15, 0.2) is 0 Å². The summed E-state index contributed by atoms with van der Waals surface area (Å²) in [6, 6.07) is -2.50. The maximum Gasteiger partial charge on any atom is 0.324 e. The first kappa shape index (κ1) is 27.3. The summed E-state index contributed by atoms with van der Waals surface area (Å²) in [5, 5.41) is 0. The van der Waals surface area contributed by atoms with Crippen LogP contribution in [0.25, 0.3) is 0 Å². The third-order valence-electron chi connectivity index (χ3n) is 5.82. The Kier molecular flexibility index (Phi) is 9.21. The van der Waals surface area contributed by atoms with Crippen LogP contribution < -0.4 is 11.5 Å². The summed E-state index contributed by atoms with van der Waals surface area (Å²) in [5.41, 5.74) is 10.8. The molecular weight excluding hydrogens is 452 g/mol. The summed E-state index contributed by atoms with van der Waals surface area (Å²) in [6.45, 7) is 4.97. The first-order chi connectivity index (χ1) is 15.8. The minimum absolute atomic E-state index is 0.109. The molecule has 2 aliphatic rings. The molecule has 0 saturated carbocycles. The molecule has 2 saturated heterocycles. The SMILES string of the molecule is C[C@H](N)C(=O)OCN1C(=O)CN([C@H](C)[C@H](C)N2CC(=O)N(COC(=O)[C@H](C)N)C(=O)C2)CC1=O. The predicted molar refractivity (Wildman–Crippen MR) is 115 cm³/mol. The van der Waals surface area contributed by atoms with Gasteiger partial charge in [0.25, 0.3) is 0 Å². The van der Waals surface area contributed by atoms with Crippen molar-refractivity contribution in [2.24, 2.45) is 11.5 Å². The molecule has 0 aliphatic carbocycles. The second-order valence-electron chi connectivity index (χ2n) is 8.48. The molecule has 4 amide bonds. The highest BCUT2D eigenvalue weighted by Gasteiger charge is 2.40. The van der Waals surface area contributed by atoms with E-state index in [1.165, 1.54) is 13.8 Å². The van der Waals surface area contributed by atoms with E-state index in [-0.39, 0.29) is 38.3 Å². The van der Waals surface area contributed by atoms with E-state index in [2.05, 4.69) is 0 Å². The van der Waals surface area contributed by atoms with Crippen molar-refractivity contribution in [3.63, 3.8) is 0 Å². The first-order valence-corrected chi connectivity index (χ1v) is 10.8. The van der Waals surface area contributed by atoms with Crippen LogP contribution in [0.4, 0.5) is 0 Å². The van der Waals surface area contributed by atoms with Crippen LogP contribution in [-0.4, -0.2) is 119 Å². The van der Waals surface area contributed by atoms with Gasteiger partial charge in [0.15, 0.2) is 13.5 Å². The van der Waals surface area contributed by atoms with Gasteiger partial charge in [-0.1, -0.05) is 0 Å². The average molecular weight is 485 g/mol. The summed E-state index contributed by atoms with van der Waals surface area (Å²) in [4.78, 5) is 77.9. The lowest BCUT2D eigenvalue weighted by Crippen LogP contribution is -2.63. The third-order valence-corrected chi connectivity index (χ3v) is 5.82. The second-order valence-corrected chi connectivity index (χ2v) is 8.48. The maximum absolute atomic E-state index is 12.5. The van der Waals surface area contributed by atoms with Crippen molar-refractivity contribution >= 4 is 35.6 Å². The lowest BCUT2D eigenvalue weighted by atomic mass is 10.1. The third kappa shape index (κ3) is 6.56. The number of amides is 4. The molecule has 0 spiro atoms. The molecule has 14 nitrogen and oxygen atoms in total. The standard InChI is InChI=1S/C20H32N6O8/c1-11(21)19(31)33-9-25-15(27)5-23(6-16(25)28)13(3)14(4)24-7-17(29)26(18(30)8-24)10-34-20(32)12(2)22/h11-14H,5-10,21-22H2,1-4H3/t11-,12-,13-,14+/m0/s1. The molecule has 14 heteroatoms. The Morgan fingerprint density at radius 1 is 0.676 bits per heavy atom. The van der Waals surface area contributed by atoms with Crippen molar-refractivity contribution in [1.29, 1.82) is 0 Å². The summed E-state index contributed by atoms with van der Waals surface area (Å²) in [6.07, 6.45) is 0. The van der Waals surface area contributed by atoms with Gasteiger partial charge in [-0.2, -0.15) is 0 Å². The van der Waals surface area contributed by atoms with Crippen molar-refractivity contribution in [1.82, 2.24) is 19.6 Å². The Morgan fingerprint density at radius 3 is 1.18 bits per heavy atom. The van der Waals surface area contributed by atoms with Gasteiger partial charge in [-0.15, -0.1) is 0 Å². The van der Waals surface area contributed by atoms with E-state index in [9.17, 15) is 28.8 Å². The Labute approximate surface area is 197 Å². The highest BCUT2D eigenvalue weighted by Crippen LogP contribution is 2.18. The summed E-state index contributed by atoms with van der Waals surface area (Å²) < 4.78 is 9.76. The summed E-state index contributed by atoms with van der Waals surface area (Å²) >= 11 is 0. The Morgan fingerprint density at radius 2 is 0.941 bits per heavy atom. The van der Waals surface area contributed by atoms with Gasteiger partial charge in [0.05, 0.1) is 26.2 Å². The molecule has 4 N–H and O–H groups in total. The topological polar surface area (TPSA) is 186 Å². The monoisotopic (exact) mass is 484 g/mol. The lowest BCUT2D eigenvalue weighted by molar-refractivity contribution is -0.169. The van der Waals surface area contributed by atoms with E-state index in [1.54, 1.807) is 23.6 Å². The van der Waals surface area contributed by atoms with Crippen molar-refractivity contribution < 1.29 is 38.2 Å². The maximum atomic E-state index is 12.5. The molecule has 0 aromatic carbocycles. The van der Waals surface area contributed by atoms with Gasteiger partial charge in [0.1, 0.15) is 12.1 Å². The number of rotatable bonds is 9. The molecule has 2 heterocycles. The van der Waals surface area contributed by atoms with E-state index in [1.807, 2.05) is 0 Å². The molecule has 0 radical (unpaired) electrons. The zero-order chi connectivity index (χ0) is 25.7.